The van der Waals surface area contributed by atoms with E-state index in [1.54, 1.807) is 27.7 Å². The Morgan fingerprint density at radius 1 is 1.10 bits per heavy atom. The van der Waals surface area contributed by atoms with Gasteiger partial charge in [-0.1, -0.05) is 83.4 Å². The second-order valence-corrected chi connectivity index (χ2v) is 21.6. The number of carbonyl (C=O) groups excluding carboxylic acids is 1. The number of rotatable bonds is 6. The number of hydrogen-bond donors (Lipinski definition) is 7. The monoisotopic (exact) mass is 886 g/mol. The third kappa shape index (κ3) is 6.93. The molecule has 8 aliphatic rings. The molecule has 5 aliphatic heterocycles. The molecule has 0 amide bonds. The van der Waals surface area contributed by atoms with Gasteiger partial charge in [0, 0.05) is 89.3 Å². The number of aromatic hydroxyl groups is 1. The standard InChI is InChI=1S/C50H54N4O7S2/c1-27-4-6-31(40(57)18-27)41(58)19-28(55)5-7-29-36-24-62-63-26-50-15-12-30-34-21-52-38-23-54(22-35(34)38)48-37(10-11-39(56)32-8-9-33(45(50)44(30)32)47(51)53-25-50)49(13-2-3-14-49)16-17-60-43(20-42(29)59)46(36)61-48/h4,6,8-9,20-23,27,30-31,37,39-41,47-48,52-53,56-59H,2-3,5,7,12-15,18-19,24-26,51H2,1H3/t27-,30-,31-,37+,39+,40-,41+,47-,48+,50+/m1/s1. The molecule has 2 aromatic carbocycles. The zero-order valence-electron chi connectivity index (χ0n) is 35.4. The predicted molar refractivity (Wildman–Crippen MR) is 244 cm³/mol. The minimum absolute atomic E-state index is 0.00619. The highest BCUT2D eigenvalue weighted by atomic mass is 33.1. The molecule has 63 heavy (non-hydrogen) atoms. The second kappa shape index (κ2) is 16.0. The molecular formula is C50H54N4O7S2. The van der Waals surface area contributed by atoms with Crippen molar-refractivity contribution < 1.29 is 34.7 Å². The molecule has 7 heterocycles. The lowest BCUT2D eigenvalue weighted by molar-refractivity contribution is -0.122. The summed E-state index contributed by atoms with van der Waals surface area (Å²) in [4.78, 5) is 17.3. The van der Waals surface area contributed by atoms with Gasteiger partial charge >= 0.3 is 0 Å². The number of aromatic nitrogens is 2. The van der Waals surface area contributed by atoms with Crippen LogP contribution in [0.15, 0.2) is 48.9 Å². The maximum absolute atomic E-state index is 13.7. The summed E-state index contributed by atoms with van der Waals surface area (Å²) in [6, 6.07) is 5.69. The van der Waals surface area contributed by atoms with Gasteiger partial charge in [0.25, 0.3) is 0 Å². The number of phenols is 1. The summed E-state index contributed by atoms with van der Waals surface area (Å²) in [6.07, 6.45) is 15.4. The quantitative estimate of drug-likeness (QED) is 0.0589. The summed E-state index contributed by atoms with van der Waals surface area (Å²) in [5.74, 6) is 11.5. The number of allylic oxidation sites excluding steroid dienone is 1. The molecular weight excluding hydrogens is 833 g/mol. The fraction of sp³-hybridized carbons (Fsp3) is 0.500. The van der Waals surface area contributed by atoms with Crippen LogP contribution in [0.4, 0.5) is 0 Å². The van der Waals surface area contributed by atoms with Crippen molar-refractivity contribution in [1.29, 1.82) is 0 Å². The van der Waals surface area contributed by atoms with Crippen molar-refractivity contribution in [2.75, 3.05) is 12.3 Å². The molecule has 4 aromatic rings. The van der Waals surface area contributed by atoms with Crippen molar-refractivity contribution >= 4 is 38.3 Å². The summed E-state index contributed by atoms with van der Waals surface area (Å²) >= 11 is 0. The lowest BCUT2D eigenvalue weighted by Crippen LogP contribution is -2.52. The SMILES string of the molecule is C[C@@H]1C=C[C@@H]([C@@H](O)CC(=O)CCc2c(O)cc3c4c2CSSC[C@@]25CC[C@H]6c7c(ccc(c72)[C@H](N)NC5)[C@@H](O)C#C[C@@H]([C@H](O4)n2cc4[nH]cc6c4c2)C2(C#CO3)CCCC2)[C@H](O)C1. The first-order valence-electron chi connectivity index (χ1n) is 22.6. The van der Waals surface area contributed by atoms with Gasteiger partial charge in [-0.25, -0.2) is 0 Å². The van der Waals surface area contributed by atoms with E-state index in [9.17, 15) is 25.2 Å². The topological polar surface area (TPSA) is 175 Å². The molecule has 8 N–H and O–H groups in total. The summed E-state index contributed by atoms with van der Waals surface area (Å²) in [6.45, 7) is 2.71. The molecule has 3 aliphatic carbocycles. The summed E-state index contributed by atoms with van der Waals surface area (Å²) in [7, 11) is 3.44. The number of nitrogens with one attached hydrogen (secondary N) is 2. The summed E-state index contributed by atoms with van der Waals surface area (Å²) < 4.78 is 15.9. The lowest BCUT2D eigenvalue weighted by Gasteiger charge is -2.48. The molecule has 11 nitrogen and oxygen atoms in total. The van der Waals surface area contributed by atoms with Crippen molar-refractivity contribution in [3.05, 3.63) is 87.9 Å². The largest absolute Gasteiger partial charge is 0.508 e. The van der Waals surface area contributed by atoms with Crippen LogP contribution in [0.25, 0.3) is 10.9 Å². The van der Waals surface area contributed by atoms with Crippen molar-refractivity contribution in [2.45, 2.75) is 119 Å². The third-order valence-electron chi connectivity index (χ3n) is 15.4. The number of phenolic OH excluding ortho intramolecular Hbond substituents is 1. The molecule has 2 aromatic heterocycles. The third-order valence-corrected chi connectivity index (χ3v) is 17.8. The van der Waals surface area contributed by atoms with E-state index in [1.807, 2.05) is 25.1 Å². The van der Waals surface area contributed by atoms with Crippen LogP contribution in [0.5, 0.6) is 17.2 Å². The number of nitrogens with two attached hydrogens (primary N) is 1. The van der Waals surface area contributed by atoms with Crippen LogP contribution in [0.3, 0.4) is 0 Å². The maximum atomic E-state index is 13.7. The van der Waals surface area contributed by atoms with Gasteiger partial charge < -0.3 is 45.2 Å². The Morgan fingerprint density at radius 2 is 1.94 bits per heavy atom. The summed E-state index contributed by atoms with van der Waals surface area (Å²) in [5, 5.41) is 50.9. The van der Waals surface area contributed by atoms with Crippen LogP contribution in [0.2, 0.25) is 0 Å². The number of benzene rings is 2. The Labute approximate surface area is 375 Å². The van der Waals surface area contributed by atoms with Crippen molar-refractivity contribution in [3.8, 4) is 41.1 Å². The molecule has 13 heteroatoms. The van der Waals surface area contributed by atoms with Gasteiger partial charge in [-0.2, -0.15) is 0 Å². The van der Waals surface area contributed by atoms with E-state index in [1.165, 1.54) is 11.1 Å². The van der Waals surface area contributed by atoms with E-state index < -0.39 is 41.8 Å². The van der Waals surface area contributed by atoms with Crippen LogP contribution in [-0.2, 0) is 22.4 Å². The fourth-order valence-electron chi connectivity index (χ4n) is 12.0. The molecule has 12 rings (SSSR count). The molecule has 1 fully saturated rings. The van der Waals surface area contributed by atoms with E-state index in [4.69, 9.17) is 15.2 Å². The Balaban J connectivity index is 1.08. The van der Waals surface area contributed by atoms with Gasteiger partial charge in [-0.3, -0.25) is 10.1 Å². The average molecular weight is 887 g/mol. The number of fused-ring (bicyclic) bond motifs is 5. The average Bonchev–Trinajstić information content (AvgIpc) is 4.01. The van der Waals surface area contributed by atoms with Crippen LogP contribution < -0.4 is 20.5 Å². The highest BCUT2D eigenvalue weighted by Gasteiger charge is 2.49. The van der Waals surface area contributed by atoms with Crippen LogP contribution in [-0.4, -0.2) is 60.3 Å². The van der Waals surface area contributed by atoms with Crippen LogP contribution in [0.1, 0.15) is 128 Å². The maximum Gasteiger partial charge on any atom is 0.191 e. The molecule has 0 unspecified atom stereocenters. The van der Waals surface area contributed by atoms with Gasteiger partial charge in [-0.05, 0) is 72.3 Å². The number of carbonyl (C=O) groups is 1. The minimum atomic E-state index is -1.08. The van der Waals surface area contributed by atoms with Gasteiger partial charge in [0.15, 0.2) is 17.7 Å². The predicted octanol–water partition coefficient (Wildman–Crippen LogP) is 7.28. The zero-order chi connectivity index (χ0) is 43.2. The van der Waals surface area contributed by atoms with Crippen molar-refractivity contribution in [2.24, 2.45) is 28.9 Å². The number of aliphatic hydroxyl groups is 3. The summed E-state index contributed by atoms with van der Waals surface area (Å²) in [5.41, 5.74) is 13.6. The number of hydrogen-bond acceptors (Lipinski definition) is 11. The van der Waals surface area contributed by atoms with Crippen LogP contribution >= 0.6 is 21.6 Å². The van der Waals surface area contributed by atoms with Crippen LogP contribution in [0, 0.1) is 47.0 Å². The van der Waals surface area contributed by atoms with Crippen molar-refractivity contribution in [3.63, 3.8) is 0 Å². The van der Waals surface area contributed by atoms with Crippen molar-refractivity contribution in [1.82, 2.24) is 14.9 Å². The molecule has 2 spiro atoms. The van der Waals surface area contributed by atoms with E-state index in [0.717, 1.165) is 71.9 Å². The number of H-pyrrole nitrogens is 1. The minimum Gasteiger partial charge on any atom is -0.508 e. The Kier molecular flexibility index (Phi) is 10.5. The lowest BCUT2D eigenvalue weighted by atomic mass is 9.61. The first-order chi connectivity index (χ1) is 30.5. The van der Waals surface area contributed by atoms with E-state index in [0.29, 0.717) is 41.3 Å². The number of aromatic amines is 1. The number of aliphatic hydroxyl groups excluding tert-OH is 3. The van der Waals surface area contributed by atoms with Gasteiger partial charge in [0.1, 0.15) is 23.7 Å². The number of nitrogens with zero attached hydrogens (tertiary/aromatic N) is 1. The zero-order valence-corrected chi connectivity index (χ0v) is 37.0. The first-order valence-corrected chi connectivity index (χ1v) is 25.1. The molecule has 1 saturated carbocycles. The Hall–Kier alpha value is -4.31. The normalized spacial score (nSPS) is 31.4. The molecule has 0 saturated heterocycles. The highest BCUT2D eigenvalue weighted by Crippen LogP contribution is 2.57. The Morgan fingerprint density at radius 3 is 2.78 bits per heavy atom. The highest BCUT2D eigenvalue weighted by molar-refractivity contribution is 8.76. The number of ether oxygens (including phenoxy) is 2. The van der Waals surface area contributed by atoms with E-state index >= 15 is 0 Å². The molecule has 328 valence electrons. The van der Waals surface area contributed by atoms with E-state index in [2.05, 4.69) is 63.4 Å². The fourth-order valence-corrected chi connectivity index (χ4v) is 14.8. The van der Waals surface area contributed by atoms with Gasteiger partial charge in [0.05, 0.1) is 35.2 Å². The molecule has 10 bridgehead atoms. The van der Waals surface area contributed by atoms with Gasteiger partial charge in [0.2, 0.25) is 0 Å². The molecule has 10 atom stereocenters. The second-order valence-electron chi connectivity index (χ2n) is 19.2. The first kappa shape index (κ1) is 41.4. The molecule has 0 radical (unpaired) electrons. The number of ketones is 1. The number of Topliss-reactive ketones (excluding diaryl/α,β-unsaturated/α-hetero) is 1. The van der Waals surface area contributed by atoms with Gasteiger partial charge in [-0.15, -0.1) is 0 Å². The smallest absolute Gasteiger partial charge is 0.191 e. The van der Waals surface area contributed by atoms with E-state index in [-0.39, 0.29) is 54.2 Å². The Bertz CT molecular complexity index is 2660.